The summed E-state index contributed by atoms with van der Waals surface area (Å²) in [6.07, 6.45) is 2.19. The molecule has 0 aromatic heterocycles. The maximum Gasteiger partial charge on any atom is 0.253 e. The van der Waals surface area contributed by atoms with Gasteiger partial charge in [-0.15, -0.1) is 0 Å². The van der Waals surface area contributed by atoms with E-state index in [1.54, 1.807) is 6.07 Å². The Morgan fingerprint density at radius 3 is 2.79 bits per heavy atom. The van der Waals surface area contributed by atoms with Crippen LogP contribution in [0.3, 0.4) is 0 Å². The fourth-order valence-corrected chi connectivity index (χ4v) is 1.75. The standard InChI is InChI=1S/C10H11IN2O/c11-6-1-4-8(9(12)5-6)10(14)13-7-2-3-7/h1,4-5,7H,2-3,12H2,(H,13,14). The van der Waals surface area contributed by atoms with Crippen LogP contribution in [0.4, 0.5) is 5.69 Å². The zero-order valence-electron chi connectivity index (χ0n) is 7.59. The molecule has 1 aliphatic rings. The molecular formula is C10H11IN2O. The van der Waals surface area contributed by atoms with E-state index in [0.717, 1.165) is 16.4 Å². The highest BCUT2D eigenvalue weighted by Crippen LogP contribution is 2.21. The highest BCUT2D eigenvalue weighted by atomic mass is 127. The van der Waals surface area contributed by atoms with Gasteiger partial charge in [0.2, 0.25) is 0 Å². The van der Waals surface area contributed by atoms with E-state index in [0.29, 0.717) is 17.3 Å². The van der Waals surface area contributed by atoms with Gasteiger partial charge in [0.15, 0.2) is 0 Å². The molecule has 0 radical (unpaired) electrons. The van der Waals surface area contributed by atoms with E-state index in [1.807, 2.05) is 12.1 Å². The van der Waals surface area contributed by atoms with Gasteiger partial charge in [0.25, 0.3) is 5.91 Å². The normalized spacial score (nSPS) is 15.2. The van der Waals surface area contributed by atoms with E-state index in [4.69, 9.17) is 5.73 Å². The van der Waals surface area contributed by atoms with Crippen LogP contribution in [-0.2, 0) is 0 Å². The monoisotopic (exact) mass is 302 g/mol. The SMILES string of the molecule is Nc1cc(I)ccc1C(=O)NC1CC1. The molecular weight excluding hydrogens is 291 g/mol. The highest BCUT2D eigenvalue weighted by Gasteiger charge is 2.24. The average Bonchev–Trinajstić information content (AvgIpc) is 2.87. The van der Waals surface area contributed by atoms with Crippen molar-refractivity contribution in [1.82, 2.24) is 5.32 Å². The quantitative estimate of drug-likeness (QED) is 0.646. The van der Waals surface area contributed by atoms with Gasteiger partial charge in [-0.05, 0) is 53.6 Å². The molecule has 0 aliphatic heterocycles. The lowest BCUT2D eigenvalue weighted by atomic mass is 10.1. The predicted molar refractivity (Wildman–Crippen MR) is 64.1 cm³/mol. The van der Waals surface area contributed by atoms with Crippen molar-refractivity contribution in [2.75, 3.05) is 5.73 Å². The smallest absolute Gasteiger partial charge is 0.253 e. The summed E-state index contributed by atoms with van der Waals surface area (Å²) in [5.74, 6) is -0.0543. The molecule has 1 amide bonds. The van der Waals surface area contributed by atoms with Crippen LogP contribution in [0.15, 0.2) is 18.2 Å². The van der Waals surface area contributed by atoms with E-state index in [9.17, 15) is 4.79 Å². The summed E-state index contributed by atoms with van der Waals surface area (Å²) in [6, 6.07) is 5.84. The number of benzene rings is 1. The summed E-state index contributed by atoms with van der Waals surface area (Å²) < 4.78 is 1.04. The number of amides is 1. The molecule has 0 unspecified atom stereocenters. The maximum atomic E-state index is 11.6. The van der Waals surface area contributed by atoms with Crippen molar-refractivity contribution in [3.63, 3.8) is 0 Å². The minimum Gasteiger partial charge on any atom is -0.398 e. The first-order chi connectivity index (χ1) is 6.66. The Balaban J connectivity index is 2.17. The third-order valence-electron chi connectivity index (χ3n) is 2.17. The lowest BCUT2D eigenvalue weighted by Crippen LogP contribution is -2.26. The molecule has 0 atom stereocenters. The summed E-state index contributed by atoms with van der Waals surface area (Å²) in [4.78, 5) is 11.6. The Kier molecular flexibility index (Phi) is 2.62. The molecule has 2 rings (SSSR count). The first kappa shape index (κ1) is 9.76. The molecule has 1 saturated carbocycles. The van der Waals surface area contributed by atoms with E-state index in [1.165, 1.54) is 0 Å². The molecule has 14 heavy (non-hydrogen) atoms. The van der Waals surface area contributed by atoms with E-state index >= 15 is 0 Å². The summed E-state index contributed by atoms with van der Waals surface area (Å²) in [7, 11) is 0. The van der Waals surface area contributed by atoms with Crippen LogP contribution in [-0.4, -0.2) is 11.9 Å². The number of halogens is 1. The van der Waals surface area contributed by atoms with Gasteiger partial charge in [-0.2, -0.15) is 0 Å². The van der Waals surface area contributed by atoms with Crippen LogP contribution in [0.2, 0.25) is 0 Å². The van der Waals surface area contributed by atoms with Gasteiger partial charge < -0.3 is 11.1 Å². The zero-order chi connectivity index (χ0) is 10.1. The summed E-state index contributed by atoms with van der Waals surface area (Å²) in [5.41, 5.74) is 6.88. The Bertz CT molecular complexity index is 374. The Morgan fingerprint density at radius 2 is 2.21 bits per heavy atom. The van der Waals surface area contributed by atoms with Crippen LogP contribution < -0.4 is 11.1 Å². The lowest BCUT2D eigenvalue weighted by molar-refractivity contribution is 0.0952. The molecule has 1 aromatic carbocycles. The van der Waals surface area contributed by atoms with Gasteiger partial charge in [-0.3, -0.25) is 4.79 Å². The second-order valence-corrected chi connectivity index (χ2v) is 4.72. The first-order valence-corrected chi connectivity index (χ1v) is 5.60. The Hall–Kier alpha value is -0.780. The molecule has 74 valence electrons. The van der Waals surface area contributed by atoms with Crippen LogP contribution in [0, 0.1) is 3.57 Å². The third kappa shape index (κ3) is 2.17. The number of nitrogens with two attached hydrogens (primary N) is 1. The van der Waals surface area contributed by atoms with Crippen LogP contribution >= 0.6 is 22.6 Å². The van der Waals surface area contributed by atoms with Crippen molar-refractivity contribution < 1.29 is 4.79 Å². The second kappa shape index (κ2) is 3.76. The van der Waals surface area contributed by atoms with E-state index in [-0.39, 0.29) is 5.91 Å². The summed E-state index contributed by atoms with van der Waals surface area (Å²) in [6.45, 7) is 0. The van der Waals surface area contributed by atoms with Crippen molar-refractivity contribution in [3.8, 4) is 0 Å². The van der Waals surface area contributed by atoms with Crippen molar-refractivity contribution in [1.29, 1.82) is 0 Å². The van der Waals surface area contributed by atoms with Crippen LogP contribution in [0.1, 0.15) is 23.2 Å². The zero-order valence-corrected chi connectivity index (χ0v) is 9.74. The number of rotatable bonds is 2. The molecule has 0 bridgehead atoms. The van der Waals surface area contributed by atoms with E-state index < -0.39 is 0 Å². The van der Waals surface area contributed by atoms with Gasteiger partial charge in [-0.25, -0.2) is 0 Å². The lowest BCUT2D eigenvalue weighted by Gasteiger charge is -2.06. The van der Waals surface area contributed by atoms with Gasteiger partial charge in [-0.1, -0.05) is 0 Å². The molecule has 3 nitrogen and oxygen atoms in total. The van der Waals surface area contributed by atoms with Crippen molar-refractivity contribution >= 4 is 34.2 Å². The van der Waals surface area contributed by atoms with Gasteiger partial charge in [0, 0.05) is 15.3 Å². The highest BCUT2D eigenvalue weighted by molar-refractivity contribution is 14.1. The molecule has 0 saturated heterocycles. The Labute approximate surface area is 96.2 Å². The number of hydrogen-bond acceptors (Lipinski definition) is 2. The first-order valence-electron chi connectivity index (χ1n) is 4.52. The number of carbonyl (C=O) groups is 1. The molecule has 4 heteroatoms. The minimum atomic E-state index is -0.0543. The molecule has 1 fully saturated rings. The number of anilines is 1. The molecule has 1 aliphatic carbocycles. The second-order valence-electron chi connectivity index (χ2n) is 3.48. The van der Waals surface area contributed by atoms with Crippen molar-refractivity contribution in [2.45, 2.75) is 18.9 Å². The van der Waals surface area contributed by atoms with Gasteiger partial charge >= 0.3 is 0 Å². The summed E-state index contributed by atoms with van der Waals surface area (Å²) >= 11 is 2.17. The largest absolute Gasteiger partial charge is 0.398 e. The topological polar surface area (TPSA) is 55.1 Å². The predicted octanol–water partition coefficient (Wildman–Crippen LogP) is 1.77. The Morgan fingerprint density at radius 1 is 1.50 bits per heavy atom. The fourth-order valence-electron chi connectivity index (χ4n) is 1.23. The summed E-state index contributed by atoms with van der Waals surface area (Å²) in [5, 5.41) is 2.91. The number of hydrogen-bond donors (Lipinski definition) is 2. The fraction of sp³-hybridized carbons (Fsp3) is 0.300. The molecule has 3 N–H and O–H groups in total. The van der Waals surface area contributed by atoms with Crippen molar-refractivity contribution in [2.24, 2.45) is 0 Å². The van der Waals surface area contributed by atoms with E-state index in [2.05, 4.69) is 27.9 Å². The number of nitrogens with one attached hydrogen (secondary N) is 1. The molecule has 0 spiro atoms. The van der Waals surface area contributed by atoms with Crippen molar-refractivity contribution in [3.05, 3.63) is 27.3 Å². The average molecular weight is 302 g/mol. The van der Waals surface area contributed by atoms with Crippen LogP contribution in [0.25, 0.3) is 0 Å². The molecule has 1 aromatic rings. The molecule has 0 heterocycles. The van der Waals surface area contributed by atoms with Crippen LogP contribution in [0.5, 0.6) is 0 Å². The van der Waals surface area contributed by atoms with Gasteiger partial charge in [0.1, 0.15) is 0 Å². The number of carbonyl (C=O) groups excluding carboxylic acids is 1. The minimum absolute atomic E-state index is 0.0543. The third-order valence-corrected chi connectivity index (χ3v) is 2.84. The van der Waals surface area contributed by atoms with Gasteiger partial charge in [0.05, 0.1) is 5.56 Å². The number of nitrogen functional groups attached to an aromatic ring is 1. The maximum absolute atomic E-state index is 11.6.